The van der Waals surface area contributed by atoms with Gasteiger partial charge in [-0.05, 0) is 42.0 Å². The molecule has 0 unspecified atom stereocenters. The Bertz CT molecular complexity index is 954. The SMILES string of the molecule is O=C(Nc1ccc(F)cc1)c1cc(N2CCN(Cc3ccccc3)CC2)ccn1. The Kier molecular flexibility index (Phi) is 5.81. The smallest absolute Gasteiger partial charge is 0.274 e. The van der Waals surface area contributed by atoms with Crippen LogP contribution in [0.15, 0.2) is 72.9 Å². The average molecular weight is 390 g/mol. The number of benzene rings is 2. The molecule has 148 valence electrons. The zero-order chi connectivity index (χ0) is 20.1. The molecule has 29 heavy (non-hydrogen) atoms. The maximum atomic E-state index is 13.0. The average Bonchev–Trinajstić information content (AvgIpc) is 2.77. The van der Waals surface area contributed by atoms with Crippen molar-refractivity contribution in [3.8, 4) is 0 Å². The third kappa shape index (κ3) is 4.97. The molecule has 1 aliphatic heterocycles. The van der Waals surface area contributed by atoms with Crippen LogP contribution in [0.3, 0.4) is 0 Å². The van der Waals surface area contributed by atoms with Crippen LogP contribution in [0.1, 0.15) is 16.1 Å². The highest BCUT2D eigenvalue weighted by molar-refractivity contribution is 6.03. The highest BCUT2D eigenvalue weighted by atomic mass is 19.1. The third-order valence-electron chi connectivity index (χ3n) is 5.06. The molecule has 0 radical (unpaired) electrons. The molecule has 1 aliphatic rings. The fraction of sp³-hybridized carbons (Fsp3) is 0.217. The van der Waals surface area contributed by atoms with Crippen molar-refractivity contribution >= 4 is 17.3 Å². The van der Waals surface area contributed by atoms with Gasteiger partial charge in [-0.15, -0.1) is 0 Å². The number of nitrogens with zero attached hydrogens (tertiary/aromatic N) is 3. The number of piperazine rings is 1. The van der Waals surface area contributed by atoms with Gasteiger partial charge in [-0.2, -0.15) is 0 Å². The minimum absolute atomic E-state index is 0.304. The Hall–Kier alpha value is -3.25. The number of hydrogen-bond donors (Lipinski definition) is 1. The summed E-state index contributed by atoms with van der Waals surface area (Å²) >= 11 is 0. The van der Waals surface area contributed by atoms with Gasteiger partial charge < -0.3 is 10.2 Å². The number of hydrogen-bond acceptors (Lipinski definition) is 4. The number of aromatic nitrogens is 1. The van der Waals surface area contributed by atoms with Crippen LogP contribution >= 0.6 is 0 Å². The minimum atomic E-state index is -0.338. The van der Waals surface area contributed by atoms with Gasteiger partial charge >= 0.3 is 0 Å². The summed E-state index contributed by atoms with van der Waals surface area (Å²) in [4.78, 5) is 21.4. The fourth-order valence-electron chi connectivity index (χ4n) is 3.47. The molecule has 1 aromatic heterocycles. The van der Waals surface area contributed by atoms with Gasteiger partial charge in [0.05, 0.1) is 0 Å². The van der Waals surface area contributed by atoms with Crippen molar-refractivity contribution in [3.05, 3.63) is 90.0 Å². The fourth-order valence-corrected chi connectivity index (χ4v) is 3.47. The number of halogens is 1. The van der Waals surface area contributed by atoms with E-state index in [9.17, 15) is 9.18 Å². The molecule has 4 rings (SSSR count). The van der Waals surface area contributed by atoms with Crippen LogP contribution in [-0.2, 0) is 6.54 Å². The van der Waals surface area contributed by atoms with Crippen molar-refractivity contribution in [3.63, 3.8) is 0 Å². The van der Waals surface area contributed by atoms with Gasteiger partial charge in [-0.3, -0.25) is 14.7 Å². The second-order valence-electron chi connectivity index (χ2n) is 7.11. The molecule has 6 heteroatoms. The monoisotopic (exact) mass is 390 g/mol. The molecule has 0 atom stereocenters. The van der Waals surface area contributed by atoms with Crippen LogP contribution in [0.5, 0.6) is 0 Å². The number of carbonyl (C=O) groups excluding carboxylic acids is 1. The predicted octanol–water partition coefficient (Wildman–Crippen LogP) is 3.80. The predicted molar refractivity (Wildman–Crippen MR) is 113 cm³/mol. The van der Waals surface area contributed by atoms with E-state index in [1.54, 1.807) is 6.20 Å². The maximum Gasteiger partial charge on any atom is 0.274 e. The molecule has 2 aromatic carbocycles. The number of carbonyl (C=O) groups is 1. The largest absolute Gasteiger partial charge is 0.369 e. The van der Waals surface area contributed by atoms with Crippen molar-refractivity contribution in [2.24, 2.45) is 0 Å². The van der Waals surface area contributed by atoms with Crippen molar-refractivity contribution in [1.82, 2.24) is 9.88 Å². The standard InChI is InChI=1S/C23H23FN4O/c24-19-6-8-20(9-7-19)26-23(29)22-16-21(10-11-25-22)28-14-12-27(13-15-28)17-18-4-2-1-3-5-18/h1-11,16H,12-15,17H2,(H,26,29). The van der Waals surface area contributed by atoms with Gasteiger partial charge in [0.15, 0.2) is 0 Å². The second kappa shape index (κ2) is 8.84. The molecular formula is C23H23FN4O. The molecule has 2 heterocycles. The lowest BCUT2D eigenvalue weighted by Gasteiger charge is -2.36. The molecule has 1 amide bonds. The maximum absolute atomic E-state index is 13.0. The number of anilines is 2. The molecular weight excluding hydrogens is 367 g/mol. The van der Waals surface area contributed by atoms with E-state index in [0.29, 0.717) is 11.4 Å². The van der Waals surface area contributed by atoms with E-state index in [2.05, 4.69) is 44.4 Å². The Morgan fingerprint density at radius 1 is 0.966 bits per heavy atom. The van der Waals surface area contributed by atoms with Gasteiger partial charge in [0, 0.05) is 50.3 Å². The van der Waals surface area contributed by atoms with E-state index in [1.165, 1.54) is 29.8 Å². The molecule has 0 bridgehead atoms. The second-order valence-corrected chi connectivity index (χ2v) is 7.11. The zero-order valence-electron chi connectivity index (χ0n) is 16.1. The molecule has 1 saturated heterocycles. The van der Waals surface area contributed by atoms with Gasteiger partial charge in [0.1, 0.15) is 11.5 Å². The van der Waals surface area contributed by atoms with Gasteiger partial charge in [-0.1, -0.05) is 30.3 Å². The summed E-state index contributed by atoms with van der Waals surface area (Å²) in [6.45, 7) is 4.69. The summed E-state index contributed by atoms with van der Waals surface area (Å²) in [6, 6.07) is 19.9. The quantitative estimate of drug-likeness (QED) is 0.720. The first kappa shape index (κ1) is 19.1. The Morgan fingerprint density at radius 3 is 2.41 bits per heavy atom. The highest BCUT2D eigenvalue weighted by Crippen LogP contribution is 2.19. The number of nitrogens with one attached hydrogen (secondary N) is 1. The summed E-state index contributed by atoms with van der Waals surface area (Å²) in [5, 5.41) is 2.76. The molecule has 0 saturated carbocycles. The van der Waals surface area contributed by atoms with Crippen molar-refractivity contribution in [2.75, 3.05) is 36.4 Å². The van der Waals surface area contributed by atoms with E-state index in [4.69, 9.17) is 0 Å². The van der Waals surface area contributed by atoms with Crippen molar-refractivity contribution < 1.29 is 9.18 Å². The number of pyridine rings is 1. The van der Waals surface area contributed by atoms with Crippen LogP contribution in [0.4, 0.5) is 15.8 Å². The first-order chi connectivity index (χ1) is 14.2. The first-order valence-electron chi connectivity index (χ1n) is 9.71. The van der Waals surface area contributed by atoms with Crippen LogP contribution in [0, 0.1) is 5.82 Å². The summed E-state index contributed by atoms with van der Waals surface area (Å²) in [5.74, 6) is -0.643. The summed E-state index contributed by atoms with van der Waals surface area (Å²) in [5.41, 5.74) is 3.20. The Morgan fingerprint density at radius 2 is 1.69 bits per heavy atom. The van der Waals surface area contributed by atoms with E-state index >= 15 is 0 Å². The van der Waals surface area contributed by atoms with E-state index < -0.39 is 0 Å². The van der Waals surface area contributed by atoms with Gasteiger partial charge in [0.2, 0.25) is 0 Å². The normalized spacial score (nSPS) is 14.6. The van der Waals surface area contributed by atoms with E-state index in [-0.39, 0.29) is 11.7 Å². The zero-order valence-corrected chi connectivity index (χ0v) is 16.1. The van der Waals surface area contributed by atoms with Crippen LogP contribution < -0.4 is 10.2 Å². The number of amides is 1. The summed E-state index contributed by atoms with van der Waals surface area (Å²) in [7, 11) is 0. The van der Waals surface area contributed by atoms with Crippen LogP contribution in [0.25, 0.3) is 0 Å². The molecule has 1 N–H and O–H groups in total. The van der Waals surface area contributed by atoms with Crippen molar-refractivity contribution in [2.45, 2.75) is 6.54 Å². The summed E-state index contributed by atoms with van der Waals surface area (Å²) in [6.07, 6.45) is 1.66. The van der Waals surface area contributed by atoms with Crippen molar-refractivity contribution in [1.29, 1.82) is 0 Å². The van der Waals surface area contributed by atoms with Crippen LogP contribution in [-0.4, -0.2) is 42.0 Å². The van der Waals surface area contributed by atoms with Crippen LogP contribution in [0.2, 0.25) is 0 Å². The van der Waals surface area contributed by atoms with Gasteiger partial charge in [-0.25, -0.2) is 4.39 Å². The van der Waals surface area contributed by atoms with Gasteiger partial charge in [0.25, 0.3) is 5.91 Å². The lowest BCUT2D eigenvalue weighted by atomic mass is 10.2. The topological polar surface area (TPSA) is 48.5 Å². The minimum Gasteiger partial charge on any atom is -0.369 e. The Labute approximate surface area is 169 Å². The number of rotatable bonds is 5. The highest BCUT2D eigenvalue weighted by Gasteiger charge is 2.18. The third-order valence-corrected chi connectivity index (χ3v) is 5.06. The lowest BCUT2D eigenvalue weighted by Crippen LogP contribution is -2.46. The molecule has 5 nitrogen and oxygen atoms in total. The van der Waals surface area contributed by atoms with E-state index in [0.717, 1.165) is 38.4 Å². The molecule has 0 aliphatic carbocycles. The van der Waals surface area contributed by atoms with E-state index in [1.807, 2.05) is 18.2 Å². The summed E-state index contributed by atoms with van der Waals surface area (Å²) < 4.78 is 13.0. The Balaban J connectivity index is 1.36. The molecule has 1 fully saturated rings. The molecule has 3 aromatic rings. The molecule has 0 spiro atoms. The lowest BCUT2D eigenvalue weighted by molar-refractivity contribution is 0.102. The first-order valence-corrected chi connectivity index (χ1v) is 9.71.